The molecule has 1 aliphatic carbocycles. The first kappa shape index (κ1) is 14.0. The third kappa shape index (κ3) is 5.86. The highest BCUT2D eigenvalue weighted by atomic mass is 15.1. The molecule has 0 aromatic carbocycles. The van der Waals surface area contributed by atoms with Crippen molar-refractivity contribution in [1.29, 1.82) is 0 Å². The molecule has 0 aliphatic heterocycles. The molecule has 0 bridgehead atoms. The Morgan fingerprint density at radius 3 is 2.50 bits per heavy atom. The summed E-state index contributed by atoms with van der Waals surface area (Å²) in [6, 6.07) is 0.747. The van der Waals surface area contributed by atoms with Crippen LogP contribution in [0.2, 0.25) is 0 Å². The molecule has 0 amide bonds. The van der Waals surface area contributed by atoms with Crippen molar-refractivity contribution >= 4 is 0 Å². The predicted molar refractivity (Wildman–Crippen MR) is 71.8 cm³/mol. The van der Waals surface area contributed by atoms with Gasteiger partial charge in [-0.15, -0.1) is 0 Å². The fourth-order valence-electron chi connectivity index (χ4n) is 2.11. The summed E-state index contributed by atoms with van der Waals surface area (Å²) in [5.74, 6) is 1.79. The monoisotopic (exact) mass is 226 g/mol. The van der Waals surface area contributed by atoms with E-state index in [1.165, 1.54) is 45.3 Å². The molecule has 1 aliphatic rings. The van der Waals surface area contributed by atoms with Crippen molar-refractivity contribution in [2.24, 2.45) is 11.8 Å². The number of rotatable bonds is 9. The second kappa shape index (κ2) is 7.29. The summed E-state index contributed by atoms with van der Waals surface area (Å²) in [6.07, 6.45) is 5.46. The van der Waals surface area contributed by atoms with E-state index in [4.69, 9.17) is 0 Å². The van der Waals surface area contributed by atoms with Crippen LogP contribution < -0.4 is 5.32 Å². The Labute approximate surface area is 102 Å². The van der Waals surface area contributed by atoms with Gasteiger partial charge in [-0.1, -0.05) is 20.8 Å². The van der Waals surface area contributed by atoms with Crippen molar-refractivity contribution in [2.45, 2.75) is 52.5 Å². The summed E-state index contributed by atoms with van der Waals surface area (Å²) >= 11 is 0. The average molecular weight is 226 g/mol. The third-order valence-corrected chi connectivity index (χ3v) is 3.44. The first-order valence-electron chi connectivity index (χ1n) is 7.05. The zero-order chi connectivity index (χ0) is 12.0. The van der Waals surface area contributed by atoms with Gasteiger partial charge in [0.15, 0.2) is 0 Å². The molecule has 0 heterocycles. The maximum atomic E-state index is 3.71. The van der Waals surface area contributed by atoms with E-state index in [2.05, 4.69) is 38.0 Å². The summed E-state index contributed by atoms with van der Waals surface area (Å²) < 4.78 is 0. The summed E-state index contributed by atoms with van der Waals surface area (Å²) in [5, 5.41) is 3.71. The van der Waals surface area contributed by atoms with E-state index in [0.29, 0.717) is 0 Å². The minimum absolute atomic E-state index is 0.747. The molecule has 1 rings (SSSR count). The van der Waals surface area contributed by atoms with E-state index in [9.17, 15) is 0 Å². The van der Waals surface area contributed by atoms with Crippen LogP contribution >= 0.6 is 0 Å². The molecule has 0 saturated heterocycles. The van der Waals surface area contributed by atoms with Gasteiger partial charge in [0.05, 0.1) is 0 Å². The lowest BCUT2D eigenvalue weighted by Gasteiger charge is -2.25. The van der Waals surface area contributed by atoms with E-state index in [1.807, 2.05) is 0 Å². The van der Waals surface area contributed by atoms with Gasteiger partial charge < -0.3 is 10.2 Å². The zero-order valence-corrected chi connectivity index (χ0v) is 11.6. The number of hydrogen-bond donors (Lipinski definition) is 1. The Bertz CT molecular complexity index is 176. The highest BCUT2D eigenvalue weighted by molar-refractivity contribution is 4.88. The lowest BCUT2D eigenvalue weighted by Crippen LogP contribution is -2.41. The highest BCUT2D eigenvalue weighted by Gasteiger charge is 2.31. The van der Waals surface area contributed by atoms with E-state index >= 15 is 0 Å². The van der Waals surface area contributed by atoms with Crippen LogP contribution in [-0.2, 0) is 0 Å². The molecule has 1 fully saturated rings. The molecule has 0 aromatic rings. The summed E-state index contributed by atoms with van der Waals surface area (Å²) in [5.41, 5.74) is 0. The lowest BCUT2D eigenvalue weighted by molar-refractivity contribution is 0.260. The first-order chi connectivity index (χ1) is 7.63. The van der Waals surface area contributed by atoms with Crippen LogP contribution in [0.5, 0.6) is 0 Å². The molecule has 0 radical (unpaired) electrons. The molecule has 96 valence electrons. The largest absolute Gasteiger partial charge is 0.312 e. The van der Waals surface area contributed by atoms with Crippen LogP contribution in [0, 0.1) is 11.8 Å². The van der Waals surface area contributed by atoms with Gasteiger partial charge in [0, 0.05) is 12.6 Å². The SMILES string of the molecule is CCCNC(CN(C)CCC(C)C)C1CC1. The second-order valence-electron chi connectivity index (χ2n) is 5.84. The van der Waals surface area contributed by atoms with Crippen molar-refractivity contribution in [3.05, 3.63) is 0 Å². The van der Waals surface area contributed by atoms with Crippen LogP contribution in [0.25, 0.3) is 0 Å². The lowest BCUT2D eigenvalue weighted by atomic mass is 10.1. The molecule has 2 nitrogen and oxygen atoms in total. The molecular weight excluding hydrogens is 196 g/mol. The van der Waals surface area contributed by atoms with Crippen LogP contribution in [0.1, 0.15) is 46.5 Å². The highest BCUT2D eigenvalue weighted by Crippen LogP contribution is 2.32. The van der Waals surface area contributed by atoms with E-state index in [-0.39, 0.29) is 0 Å². The van der Waals surface area contributed by atoms with Crippen molar-refractivity contribution in [1.82, 2.24) is 10.2 Å². The molecule has 16 heavy (non-hydrogen) atoms. The Hall–Kier alpha value is -0.0800. The fourth-order valence-corrected chi connectivity index (χ4v) is 2.11. The number of likely N-dealkylation sites (N-methyl/N-ethyl adjacent to an activating group) is 1. The fraction of sp³-hybridized carbons (Fsp3) is 1.00. The summed E-state index contributed by atoms with van der Waals surface area (Å²) in [7, 11) is 2.27. The minimum Gasteiger partial charge on any atom is -0.312 e. The summed E-state index contributed by atoms with van der Waals surface area (Å²) in [4.78, 5) is 2.51. The molecule has 0 aromatic heterocycles. The molecule has 1 unspecified atom stereocenters. The Balaban J connectivity index is 2.19. The smallest absolute Gasteiger partial charge is 0.0223 e. The van der Waals surface area contributed by atoms with Gasteiger partial charge in [0.25, 0.3) is 0 Å². The van der Waals surface area contributed by atoms with E-state index in [0.717, 1.165) is 17.9 Å². The molecule has 1 saturated carbocycles. The summed E-state index contributed by atoms with van der Waals surface area (Å²) in [6.45, 7) is 10.5. The van der Waals surface area contributed by atoms with Crippen molar-refractivity contribution < 1.29 is 0 Å². The van der Waals surface area contributed by atoms with Gasteiger partial charge in [0.1, 0.15) is 0 Å². The van der Waals surface area contributed by atoms with Crippen molar-refractivity contribution in [3.8, 4) is 0 Å². The standard InChI is InChI=1S/C14H30N2/c1-5-9-15-14(13-6-7-13)11-16(4)10-8-12(2)3/h12-15H,5-11H2,1-4H3. The topological polar surface area (TPSA) is 15.3 Å². The maximum Gasteiger partial charge on any atom is 0.0223 e. The van der Waals surface area contributed by atoms with Crippen LogP contribution in [-0.4, -0.2) is 37.6 Å². The number of hydrogen-bond acceptors (Lipinski definition) is 2. The molecule has 2 heteroatoms. The quantitative estimate of drug-likeness (QED) is 0.650. The predicted octanol–water partition coefficient (Wildman–Crippen LogP) is 2.74. The van der Waals surface area contributed by atoms with Gasteiger partial charge in [-0.05, 0) is 57.7 Å². The Morgan fingerprint density at radius 2 is 2.00 bits per heavy atom. The molecule has 1 atom stereocenters. The normalized spacial score (nSPS) is 18.4. The Kier molecular flexibility index (Phi) is 6.37. The number of nitrogens with one attached hydrogen (secondary N) is 1. The minimum atomic E-state index is 0.747. The van der Waals surface area contributed by atoms with Gasteiger partial charge >= 0.3 is 0 Å². The molecule has 0 spiro atoms. The number of nitrogens with zero attached hydrogens (tertiary/aromatic N) is 1. The van der Waals surface area contributed by atoms with Crippen LogP contribution in [0.15, 0.2) is 0 Å². The molecule has 1 N–H and O–H groups in total. The first-order valence-corrected chi connectivity index (χ1v) is 7.05. The molecular formula is C14H30N2. The van der Waals surface area contributed by atoms with Crippen LogP contribution in [0.3, 0.4) is 0 Å². The van der Waals surface area contributed by atoms with Gasteiger partial charge in [-0.25, -0.2) is 0 Å². The Morgan fingerprint density at radius 1 is 1.31 bits per heavy atom. The maximum absolute atomic E-state index is 3.71. The third-order valence-electron chi connectivity index (χ3n) is 3.44. The van der Waals surface area contributed by atoms with Crippen LogP contribution in [0.4, 0.5) is 0 Å². The average Bonchev–Trinajstić information content (AvgIpc) is 3.05. The van der Waals surface area contributed by atoms with E-state index in [1.54, 1.807) is 0 Å². The van der Waals surface area contributed by atoms with E-state index < -0.39 is 0 Å². The van der Waals surface area contributed by atoms with Gasteiger partial charge in [-0.2, -0.15) is 0 Å². The second-order valence-corrected chi connectivity index (χ2v) is 5.84. The zero-order valence-electron chi connectivity index (χ0n) is 11.6. The van der Waals surface area contributed by atoms with Crippen molar-refractivity contribution in [3.63, 3.8) is 0 Å². The van der Waals surface area contributed by atoms with Crippen molar-refractivity contribution in [2.75, 3.05) is 26.7 Å². The van der Waals surface area contributed by atoms with Gasteiger partial charge in [-0.3, -0.25) is 0 Å². The van der Waals surface area contributed by atoms with Gasteiger partial charge in [0.2, 0.25) is 0 Å².